The van der Waals surface area contributed by atoms with Crippen LogP contribution in [0.5, 0.6) is 0 Å². The third-order valence-electron chi connectivity index (χ3n) is 2.22. The summed E-state index contributed by atoms with van der Waals surface area (Å²) in [4.78, 5) is 0. The van der Waals surface area contributed by atoms with Crippen molar-refractivity contribution in [1.82, 2.24) is 0 Å². The Morgan fingerprint density at radius 3 is 2.44 bits per heavy atom. The van der Waals surface area contributed by atoms with Gasteiger partial charge in [-0.05, 0) is 62.5 Å². The van der Waals surface area contributed by atoms with Crippen molar-refractivity contribution in [2.45, 2.75) is 11.1 Å². The van der Waals surface area contributed by atoms with Gasteiger partial charge < -0.3 is 0 Å². The summed E-state index contributed by atoms with van der Waals surface area (Å²) in [6.07, 6.45) is 0. The van der Waals surface area contributed by atoms with Gasteiger partial charge >= 0.3 is 0 Å². The number of rotatable bonds is 3. The van der Waals surface area contributed by atoms with Gasteiger partial charge in [0.2, 0.25) is 0 Å². The number of aryl methyl sites for hydroxylation is 1. The van der Waals surface area contributed by atoms with E-state index in [1.807, 2.05) is 13.0 Å². The van der Waals surface area contributed by atoms with Crippen molar-refractivity contribution in [3.8, 4) is 0 Å². The van der Waals surface area contributed by atoms with Crippen LogP contribution in [0.25, 0.3) is 0 Å². The second-order valence-electron chi connectivity index (χ2n) is 3.61. The van der Waals surface area contributed by atoms with Crippen LogP contribution < -0.4 is 4.72 Å². The third-order valence-corrected chi connectivity index (χ3v) is 6.88. The Kier molecular flexibility index (Phi) is 4.15. The molecule has 0 aliphatic carbocycles. The Morgan fingerprint density at radius 1 is 1.22 bits per heavy atom. The molecule has 2 aromatic rings. The highest BCUT2D eigenvalue weighted by Gasteiger charge is 2.19. The first kappa shape index (κ1) is 14.0. The van der Waals surface area contributed by atoms with Gasteiger partial charge in [0.05, 0.1) is 9.47 Å². The van der Waals surface area contributed by atoms with Crippen molar-refractivity contribution in [2.75, 3.05) is 4.72 Å². The summed E-state index contributed by atoms with van der Waals surface area (Å²) in [6, 6.07) is 8.74. The first-order valence-electron chi connectivity index (χ1n) is 4.93. The Morgan fingerprint density at radius 2 is 1.89 bits per heavy atom. The van der Waals surface area contributed by atoms with Gasteiger partial charge in [-0.1, -0.05) is 12.1 Å². The average molecular weight is 411 g/mol. The van der Waals surface area contributed by atoms with Crippen LogP contribution in [0.1, 0.15) is 5.56 Å². The largest absolute Gasteiger partial charge is 0.278 e. The number of hydrogen-bond donors (Lipinski definition) is 1. The summed E-state index contributed by atoms with van der Waals surface area (Å²) in [5, 5.41) is 0. The lowest BCUT2D eigenvalue weighted by molar-refractivity contribution is 0.603. The molecule has 0 spiro atoms. The van der Waals surface area contributed by atoms with Crippen molar-refractivity contribution >= 4 is 58.9 Å². The second-order valence-corrected chi connectivity index (χ2v) is 8.74. The molecule has 1 aromatic heterocycles. The summed E-state index contributed by atoms with van der Waals surface area (Å²) in [5.41, 5.74) is 1.44. The minimum absolute atomic E-state index is 0.294. The van der Waals surface area contributed by atoms with E-state index in [0.29, 0.717) is 14.4 Å². The number of benzene rings is 1. The first-order valence-corrected chi connectivity index (χ1v) is 8.82. The van der Waals surface area contributed by atoms with E-state index in [0.717, 1.165) is 9.35 Å². The van der Waals surface area contributed by atoms with Gasteiger partial charge in [-0.3, -0.25) is 4.72 Å². The minimum Gasteiger partial charge on any atom is -0.278 e. The number of nitrogens with one attached hydrogen (secondary N) is 1. The number of anilines is 1. The number of halogens is 2. The van der Waals surface area contributed by atoms with E-state index in [9.17, 15) is 8.42 Å². The third kappa shape index (κ3) is 2.96. The maximum atomic E-state index is 12.2. The number of sulfonamides is 1. The molecular formula is C11H9Br2NO2S2. The smallest absolute Gasteiger partial charge is 0.271 e. The monoisotopic (exact) mass is 409 g/mol. The van der Waals surface area contributed by atoms with Gasteiger partial charge in [0.1, 0.15) is 4.21 Å². The lowest BCUT2D eigenvalue weighted by atomic mass is 10.3. The Bertz CT molecular complexity index is 661. The molecule has 0 radical (unpaired) electrons. The molecule has 2 rings (SSSR count). The highest BCUT2D eigenvalue weighted by Crippen LogP contribution is 2.32. The zero-order valence-corrected chi connectivity index (χ0v) is 14.1. The molecule has 1 heterocycles. The number of hydrogen-bond acceptors (Lipinski definition) is 3. The molecule has 1 aromatic carbocycles. The number of para-hydroxylation sites is 1. The molecule has 0 amide bonds. The molecule has 0 aliphatic rings. The predicted molar refractivity (Wildman–Crippen MR) is 81.7 cm³/mol. The molecule has 0 atom stereocenters. The fourth-order valence-electron chi connectivity index (χ4n) is 1.30. The molecule has 0 unspecified atom stereocenters. The van der Waals surface area contributed by atoms with Crippen molar-refractivity contribution in [3.63, 3.8) is 0 Å². The maximum Gasteiger partial charge on any atom is 0.271 e. The SMILES string of the molecule is Cc1cc(S(=O)(=O)Nc2ccccc2Br)sc1Br. The molecule has 18 heavy (non-hydrogen) atoms. The molecule has 0 bridgehead atoms. The first-order chi connectivity index (χ1) is 8.40. The maximum absolute atomic E-state index is 12.2. The normalized spacial score (nSPS) is 11.5. The van der Waals surface area contributed by atoms with Crippen LogP contribution in [0.15, 0.2) is 42.8 Å². The zero-order chi connectivity index (χ0) is 13.3. The van der Waals surface area contributed by atoms with Gasteiger partial charge in [0, 0.05) is 4.47 Å². The van der Waals surface area contributed by atoms with Crippen LogP contribution in [0.3, 0.4) is 0 Å². The van der Waals surface area contributed by atoms with Crippen LogP contribution in [-0.2, 0) is 10.0 Å². The summed E-state index contributed by atoms with van der Waals surface area (Å²) in [6.45, 7) is 1.86. The Balaban J connectivity index is 2.36. The predicted octanol–water partition coefficient (Wildman–Crippen LogP) is 4.38. The van der Waals surface area contributed by atoms with Crippen LogP contribution in [-0.4, -0.2) is 8.42 Å². The molecule has 0 saturated heterocycles. The molecule has 0 aliphatic heterocycles. The lowest BCUT2D eigenvalue weighted by Gasteiger charge is -2.07. The lowest BCUT2D eigenvalue weighted by Crippen LogP contribution is -2.11. The standard InChI is InChI=1S/C11H9Br2NO2S2/c1-7-6-10(17-11(7)13)18(15,16)14-9-5-3-2-4-8(9)12/h2-6,14H,1H3. The van der Waals surface area contributed by atoms with E-state index in [1.54, 1.807) is 24.3 Å². The van der Waals surface area contributed by atoms with E-state index < -0.39 is 10.0 Å². The van der Waals surface area contributed by atoms with Crippen LogP contribution >= 0.6 is 43.2 Å². The van der Waals surface area contributed by atoms with Gasteiger partial charge in [0.25, 0.3) is 10.0 Å². The van der Waals surface area contributed by atoms with Crippen LogP contribution in [0.2, 0.25) is 0 Å². The molecule has 3 nitrogen and oxygen atoms in total. The Hall–Kier alpha value is -0.370. The van der Waals surface area contributed by atoms with E-state index in [2.05, 4.69) is 36.6 Å². The van der Waals surface area contributed by atoms with Crippen LogP contribution in [0.4, 0.5) is 5.69 Å². The van der Waals surface area contributed by atoms with Gasteiger partial charge in [-0.2, -0.15) is 0 Å². The second kappa shape index (κ2) is 5.32. The highest BCUT2D eigenvalue weighted by atomic mass is 79.9. The minimum atomic E-state index is -3.53. The van der Waals surface area contributed by atoms with Gasteiger partial charge in [-0.15, -0.1) is 11.3 Å². The molecule has 0 fully saturated rings. The quantitative estimate of drug-likeness (QED) is 0.815. The Labute approximate surface area is 127 Å². The fourth-order valence-corrected chi connectivity index (χ4v) is 5.12. The summed E-state index contributed by atoms with van der Waals surface area (Å²) < 4.78 is 28.7. The van der Waals surface area contributed by atoms with Crippen LogP contribution in [0, 0.1) is 6.92 Å². The molecule has 96 valence electrons. The zero-order valence-electron chi connectivity index (χ0n) is 9.28. The molecule has 7 heteroatoms. The van der Waals surface area contributed by atoms with Crippen molar-refractivity contribution in [1.29, 1.82) is 0 Å². The number of thiophene rings is 1. The van der Waals surface area contributed by atoms with E-state index in [4.69, 9.17) is 0 Å². The summed E-state index contributed by atoms with van der Waals surface area (Å²) in [5.74, 6) is 0. The summed E-state index contributed by atoms with van der Waals surface area (Å²) >= 11 is 7.83. The molecule has 0 saturated carbocycles. The van der Waals surface area contributed by atoms with Crippen molar-refractivity contribution in [3.05, 3.63) is 44.2 Å². The van der Waals surface area contributed by atoms with Gasteiger partial charge in [0.15, 0.2) is 0 Å². The van der Waals surface area contributed by atoms with Gasteiger partial charge in [-0.25, -0.2) is 8.42 Å². The van der Waals surface area contributed by atoms with E-state index >= 15 is 0 Å². The van der Waals surface area contributed by atoms with E-state index in [1.165, 1.54) is 11.3 Å². The van der Waals surface area contributed by atoms with E-state index in [-0.39, 0.29) is 0 Å². The van der Waals surface area contributed by atoms with Crippen molar-refractivity contribution < 1.29 is 8.42 Å². The topological polar surface area (TPSA) is 46.2 Å². The fraction of sp³-hybridized carbons (Fsp3) is 0.0909. The van der Waals surface area contributed by atoms with Crippen molar-refractivity contribution in [2.24, 2.45) is 0 Å². The molecule has 1 N–H and O–H groups in total. The average Bonchev–Trinajstić information content (AvgIpc) is 2.63. The highest BCUT2D eigenvalue weighted by molar-refractivity contribution is 9.11. The summed E-state index contributed by atoms with van der Waals surface area (Å²) in [7, 11) is -3.53. The molecular weight excluding hydrogens is 402 g/mol.